The minimum absolute atomic E-state index is 0.358. The summed E-state index contributed by atoms with van der Waals surface area (Å²) in [6, 6.07) is 3.62. The first-order chi connectivity index (χ1) is 9.00. The van der Waals surface area contributed by atoms with Crippen LogP contribution >= 0.6 is 0 Å². The molecule has 0 spiro atoms. The summed E-state index contributed by atoms with van der Waals surface area (Å²) in [6.45, 7) is 11.0. The number of likely N-dealkylation sites (tertiary alicyclic amines) is 1. The summed E-state index contributed by atoms with van der Waals surface area (Å²) in [6.07, 6.45) is 7.33. The second-order valence-corrected chi connectivity index (χ2v) is 6.44. The van der Waals surface area contributed by atoms with Crippen LogP contribution in [0.2, 0.25) is 0 Å². The number of nitrogens with one attached hydrogen (secondary N) is 1. The van der Waals surface area contributed by atoms with Crippen LogP contribution in [0.15, 0.2) is 0 Å². The van der Waals surface area contributed by atoms with Crippen molar-refractivity contribution in [2.24, 2.45) is 0 Å². The molecule has 0 aliphatic carbocycles. The Hall–Kier alpha value is -0.590. The van der Waals surface area contributed by atoms with Crippen LogP contribution in [0.5, 0.6) is 0 Å². The Bertz CT molecular complexity index is 295. The number of nitrogens with zero attached hydrogens (tertiary/aromatic N) is 2. The van der Waals surface area contributed by atoms with Crippen LogP contribution in [0.3, 0.4) is 0 Å². The van der Waals surface area contributed by atoms with Gasteiger partial charge in [-0.2, -0.15) is 5.26 Å². The van der Waals surface area contributed by atoms with E-state index in [1.165, 1.54) is 38.8 Å². The molecule has 0 aromatic heterocycles. The molecule has 3 nitrogen and oxygen atoms in total. The second-order valence-electron chi connectivity index (χ2n) is 6.44. The summed E-state index contributed by atoms with van der Waals surface area (Å²) in [5, 5.41) is 12.7. The highest BCUT2D eigenvalue weighted by atomic mass is 15.2. The van der Waals surface area contributed by atoms with Crippen LogP contribution < -0.4 is 5.32 Å². The van der Waals surface area contributed by atoms with Gasteiger partial charge in [0, 0.05) is 12.1 Å². The molecule has 0 bridgehead atoms. The number of hydrogen-bond acceptors (Lipinski definition) is 3. The Labute approximate surface area is 119 Å². The van der Waals surface area contributed by atoms with Gasteiger partial charge in [-0.25, -0.2) is 0 Å². The fourth-order valence-corrected chi connectivity index (χ4v) is 3.24. The third-order valence-corrected chi connectivity index (χ3v) is 4.20. The standard InChI is InChI=1S/C16H31N3/c1-5-15-9-8-12-19(15)11-7-6-10-16(4,13-17)18-14(2)3/h14-15,18H,5-12H2,1-4H3. The maximum atomic E-state index is 9.30. The average molecular weight is 265 g/mol. The molecule has 110 valence electrons. The largest absolute Gasteiger partial charge is 0.300 e. The highest BCUT2D eigenvalue weighted by molar-refractivity contribution is 5.04. The van der Waals surface area contributed by atoms with Gasteiger partial charge < -0.3 is 4.90 Å². The molecule has 1 N–H and O–H groups in total. The smallest absolute Gasteiger partial charge is 0.104 e. The predicted molar refractivity (Wildman–Crippen MR) is 81.0 cm³/mol. The predicted octanol–water partition coefficient (Wildman–Crippen LogP) is 3.31. The van der Waals surface area contributed by atoms with Gasteiger partial charge in [0.05, 0.1) is 6.07 Å². The topological polar surface area (TPSA) is 39.1 Å². The van der Waals surface area contributed by atoms with Crippen LogP contribution in [-0.2, 0) is 0 Å². The molecular weight excluding hydrogens is 234 g/mol. The average Bonchev–Trinajstić information content (AvgIpc) is 2.81. The number of rotatable bonds is 8. The van der Waals surface area contributed by atoms with Crippen molar-refractivity contribution in [1.29, 1.82) is 5.26 Å². The Kier molecular flexibility index (Phi) is 6.82. The molecule has 1 fully saturated rings. The highest BCUT2D eigenvalue weighted by Crippen LogP contribution is 2.21. The Morgan fingerprint density at radius 1 is 1.42 bits per heavy atom. The summed E-state index contributed by atoms with van der Waals surface area (Å²) < 4.78 is 0. The minimum atomic E-state index is -0.358. The third kappa shape index (κ3) is 5.50. The molecule has 0 saturated carbocycles. The van der Waals surface area contributed by atoms with E-state index in [-0.39, 0.29) is 5.54 Å². The van der Waals surface area contributed by atoms with Crippen molar-refractivity contribution in [2.75, 3.05) is 13.1 Å². The van der Waals surface area contributed by atoms with Crippen molar-refractivity contribution in [1.82, 2.24) is 10.2 Å². The van der Waals surface area contributed by atoms with Gasteiger partial charge in [0.15, 0.2) is 0 Å². The van der Waals surface area contributed by atoms with E-state index in [2.05, 4.69) is 37.1 Å². The molecule has 2 atom stereocenters. The first-order valence-electron chi connectivity index (χ1n) is 7.93. The van der Waals surface area contributed by atoms with Crippen molar-refractivity contribution in [3.63, 3.8) is 0 Å². The first kappa shape index (κ1) is 16.5. The van der Waals surface area contributed by atoms with Gasteiger partial charge >= 0.3 is 0 Å². The first-order valence-corrected chi connectivity index (χ1v) is 7.93. The van der Waals surface area contributed by atoms with Gasteiger partial charge in [0.2, 0.25) is 0 Å². The molecule has 1 heterocycles. The molecular formula is C16H31N3. The van der Waals surface area contributed by atoms with E-state index in [0.29, 0.717) is 6.04 Å². The summed E-state index contributed by atoms with van der Waals surface area (Å²) in [5.41, 5.74) is -0.358. The van der Waals surface area contributed by atoms with Crippen molar-refractivity contribution in [3.8, 4) is 6.07 Å². The summed E-state index contributed by atoms with van der Waals surface area (Å²) in [4.78, 5) is 2.64. The van der Waals surface area contributed by atoms with E-state index in [1.54, 1.807) is 0 Å². The lowest BCUT2D eigenvalue weighted by Crippen LogP contribution is -2.45. The van der Waals surface area contributed by atoms with Gasteiger partial charge in [-0.3, -0.25) is 5.32 Å². The molecule has 1 aliphatic rings. The maximum Gasteiger partial charge on any atom is 0.104 e. The van der Waals surface area contributed by atoms with E-state index in [0.717, 1.165) is 18.9 Å². The van der Waals surface area contributed by atoms with Crippen LogP contribution in [0.4, 0.5) is 0 Å². The van der Waals surface area contributed by atoms with Gasteiger partial charge in [-0.15, -0.1) is 0 Å². The molecule has 1 rings (SSSR count). The van der Waals surface area contributed by atoms with Gasteiger partial charge in [-0.1, -0.05) is 6.92 Å². The highest BCUT2D eigenvalue weighted by Gasteiger charge is 2.25. The summed E-state index contributed by atoms with van der Waals surface area (Å²) in [5.74, 6) is 0. The fourth-order valence-electron chi connectivity index (χ4n) is 3.24. The van der Waals surface area contributed by atoms with E-state index < -0.39 is 0 Å². The normalized spacial score (nSPS) is 23.5. The molecule has 19 heavy (non-hydrogen) atoms. The molecule has 0 radical (unpaired) electrons. The van der Waals surface area contributed by atoms with Crippen molar-refractivity contribution in [2.45, 2.75) is 83.8 Å². The maximum absolute atomic E-state index is 9.30. The number of hydrogen-bond donors (Lipinski definition) is 1. The van der Waals surface area contributed by atoms with Gasteiger partial charge in [0.1, 0.15) is 5.54 Å². The van der Waals surface area contributed by atoms with Crippen molar-refractivity contribution in [3.05, 3.63) is 0 Å². The van der Waals surface area contributed by atoms with E-state index >= 15 is 0 Å². The van der Waals surface area contributed by atoms with Crippen molar-refractivity contribution < 1.29 is 0 Å². The Morgan fingerprint density at radius 3 is 2.74 bits per heavy atom. The van der Waals surface area contributed by atoms with E-state index in [9.17, 15) is 5.26 Å². The molecule has 0 amide bonds. The molecule has 3 heteroatoms. The lowest BCUT2D eigenvalue weighted by Gasteiger charge is -2.27. The third-order valence-electron chi connectivity index (χ3n) is 4.20. The van der Waals surface area contributed by atoms with Crippen LogP contribution in [0.25, 0.3) is 0 Å². The minimum Gasteiger partial charge on any atom is -0.300 e. The van der Waals surface area contributed by atoms with Gasteiger partial charge in [-0.05, 0) is 72.4 Å². The van der Waals surface area contributed by atoms with Crippen LogP contribution in [-0.4, -0.2) is 35.6 Å². The monoisotopic (exact) mass is 265 g/mol. The van der Waals surface area contributed by atoms with E-state index in [1.807, 2.05) is 6.92 Å². The Morgan fingerprint density at radius 2 is 2.16 bits per heavy atom. The lowest BCUT2D eigenvalue weighted by molar-refractivity contribution is 0.239. The Balaban J connectivity index is 2.24. The molecule has 0 aromatic carbocycles. The van der Waals surface area contributed by atoms with E-state index in [4.69, 9.17) is 0 Å². The number of unbranched alkanes of at least 4 members (excludes halogenated alkanes) is 1. The lowest BCUT2D eigenvalue weighted by atomic mass is 9.95. The quantitative estimate of drug-likeness (QED) is 0.684. The molecule has 1 aliphatic heterocycles. The molecule has 1 saturated heterocycles. The summed E-state index contributed by atoms with van der Waals surface area (Å²) >= 11 is 0. The fraction of sp³-hybridized carbons (Fsp3) is 0.938. The zero-order valence-electron chi connectivity index (χ0n) is 13.2. The zero-order chi connectivity index (χ0) is 14.3. The van der Waals surface area contributed by atoms with Crippen LogP contribution in [0.1, 0.15) is 66.2 Å². The van der Waals surface area contributed by atoms with Crippen LogP contribution in [0, 0.1) is 11.3 Å². The number of nitriles is 1. The SMILES string of the molecule is CCC1CCCN1CCCCC(C)(C#N)NC(C)C. The van der Waals surface area contributed by atoms with Gasteiger partial charge in [0.25, 0.3) is 0 Å². The second kappa shape index (κ2) is 7.87. The summed E-state index contributed by atoms with van der Waals surface area (Å²) in [7, 11) is 0. The molecule has 2 unspecified atom stereocenters. The molecule has 0 aromatic rings. The zero-order valence-corrected chi connectivity index (χ0v) is 13.2. The van der Waals surface area contributed by atoms with Crippen molar-refractivity contribution >= 4 is 0 Å².